The van der Waals surface area contributed by atoms with Crippen LogP contribution in [0.3, 0.4) is 0 Å². The Balaban J connectivity index is 1.44. The van der Waals surface area contributed by atoms with Gasteiger partial charge in [-0.25, -0.2) is 0 Å². The lowest BCUT2D eigenvalue weighted by Crippen LogP contribution is -2.52. The van der Waals surface area contributed by atoms with Crippen LogP contribution in [0.4, 0.5) is 0 Å². The molecule has 0 radical (unpaired) electrons. The first-order chi connectivity index (χ1) is 8.33. The van der Waals surface area contributed by atoms with Crippen LogP contribution in [0.5, 0.6) is 0 Å². The Labute approximate surface area is 102 Å². The molecule has 96 valence electrons. The maximum Gasteiger partial charge on any atom is 0.251 e. The third kappa shape index (κ3) is 2.78. The summed E-state index contributed by atoms with van der Waals surface area (Å²) in [6.45, 7) is 6.31. The summed E-state index contributed by atoms with van der Waals surface area (Å²) in [5.74, 6) is 0.199. The second kappa shape index (κ2) is 4.92. The summed E-state index contributed by atoms with van der Waals surface area (Å²) in [4.78, 5) is 16.4. The highest BCUT2D eigenvalue weighted by molar-refractivity contribution is 5.81. The third-order valence-corrected chi connectivity index (χ3v) is 3.75. The van der Waals surface area contributed by atoms with Crippen LogP contribution in [0.25, 0.3) is 0 Å². The molecule has 0 aromatic heterocycles. The minimum Gasteiger partial charge on any atom is -0.372 e. The molecule has 5 nitrogen and oxygen atoms in total. The quantitative estimate of drug-likeness (QED) is 0.636. The van der Waals surface area contributed by atoms with Crippen molar-refractivity contribution in [1.82, 2.24) is 9.80 Å². The molecule has 0 aromatic rings. The summed E-state index contributed by atoms with van der Waals surface area (Å²) in [6, 6.07) is 0. The van der Waals surface area contributed by atoms with Crippen molar-refractivity contribution in [2.45, 2.75) is 25.0 Å². The van der Waals surface area contributed by atoms with Crippen molar-refractivity contribution in [3.05, 3.63) is 0 Å². The van der Waals surface area contributed by atoms with E-state index in [-0.39, 0.29) is 12.0 Å². The third-order valence-electron chi connectivity index (χ3n) is 3.75. The van der Waals surface area contributed by atoms with Gasteiger partial charge in [-0.2, -0.15) is 0 Å². The van der Waals surface area contributed by atoms with Crippen LogP contribution in [0, 0.1) is 0 Å². The van der Waals surface area contributed by atoms with Gasteiger partial charge in [-0.15, -0.1) is 0 Å². The Kier molecular flexibility index (Phi) is 3.31. The van der Waals surface area contributed by atoms with Gasteiger partial charge >= 0.3 is 0 Å². The summed E-state index contributed by atoms with van der Waals surface area (Å²) in [5, 5.41) is 0. The number of ether oxygens (including phenoxy) is 2. The van der Waals surface area contributed by atoms with Gasteiger partial charge in [-0.3, -0.25) is 9.69 Å². The van der Waals surface area contributed by atoms with Gasteiger partial charge in [0.25, 0.3) is 5.91 Å². The van der Waals surface area contributed by atoms with Gasteiger partial charge in [0.1, 0.15) is 6.10 Å². The van der Waals surface area contributed by atoms with Gasteiger partial charge in [0, 0.05) is 39.3 Å². The summed E-state index contributed by atoms with van der Waals surface area (Å²) < 4.78 is 10.7. The van der Waals surface area contributed by atoms with Crippen LogP contribution in [-0.4, -0.2) is 73.9 Å². The molecule has 0 aliphatic carbocycles. The lowest BCUT2D eigenvalue weighted by molar-refractivity contribution is -0.142. The number of nitrogens with zero attached hydrogens (tertiary/aromatic N) is 2. The van der Waals surface area contributed by atoms with E-state index in [0.717, 1.165) is 58.8 Å². The first-order valence-electron chi connectivity index (χ1n) is 6.57. The van der Waals surface area contributed by atoms with Crippen molar-refractivity contribution < 1.29 is 14.3 Å². The molecule has 3 aliphatic heterocycles. The first kappa shape index (κ1) is 11.4. The molecule has 0 aromatic carbocycles. The van der Waals surface area contributed by atoms with Gasteiger partial charge in [-0.05, 0) is 12.8 Å². The SMILES string of the molecule is O=C([C@H]1CCCO1)N1CCN(C[C@H]2CO2)CC1. The van der Waals surface area contributed by atoms with Gasteiger partial charge in [0.05, 0.1) is 12.7 Å². The van der Waals surface area contributed by atoms with E-state index in [9.17, 15) is 4.79 Å². The largest absolute Gasteiger partial charge is 0.372 e. The monoisotopic (exact) mass is 240 g/mol. The standard InChI is InChI=1S/C12H20N2O3/c15-12(11-2-1-7-16-11)14-5-3-13(4-6-14)8-10-9-17-10/h10-11H,1-9H2/t10-,11+/m0/s1. The van der Waals surface area contributed by atoms with Crippen molar-refractivity contribution >= 4 is 5.91 Å². The maximum atomic E-state index is 12.1. The number of carbonyl (C=O) groups excluding carboxylic acids is 1. The molecule has 3 fully saturated rings. The van der Waals surface area contributed by atoms with E-state index >= 15 is 0 Å². The van der Waals surface area contributed by atoms with Gasteiger partial charge in [0.15, 0.2) is 0 Å². The van der Waals surface area contributed by atoms with Gasteiger partial charge in [-0.1, -0.05) is 0 Å². The van der Waals surface area contributed by atoms with Crippen molar-refractivity contribution in [1.29, 1.82) is 0 Å². The van der Waals surface area contributed by atoms with Crippen LogP contribution >= 0.6 is 0 Å². The second-order valence-corrected chi connectivity index (χ2v) is 5.08. The van der Waals surface area contributed by atoms with Crippen molar-refractivity contribution in [2.75, 3.05) is 45.9 Å². The Bertz CT molecular complexity index is 279. The van der Waals surface area contributed by atoms with Crippen molar-refractivity contribution in [3.63, 3.8) is 0 Å². The molecule has 3 heterocycles. The topological polar surface area (TPSA) is 45.3 Å². The van der Waals surface area contributed by atoms with Crippen LogP contribution in [0.1, 0.15) is 12.8 Å². The zero-order valence-electron chi connectivity index (χ0n) is 10.1. The summed E-state index contributed by atoms with van der Waals surface area (Å²) in [5.41, 5.74) is 0. The van der Waals surface area contributed by atoms with Gasteiger partial charge in [0.2, 0.25) is 0 Å². The van der Waals surface area contributed by atoms with Crippen molar-refractivity contribution in [2.24, 2.45) is 0 Å². The fourth-order valence-electron chi connectivity index (χ4n) is 2.59. The van der Waals surface area contributed by atoms with E-state index in [1.807, 2.05) is 4.90 Å². The van der Waals surface area contributed by atoms with E-state index < -0.39 is 0 Å². The molecule has 0 bridgehead atoms. The van der Waals surface area contributed by atoms with Crippen LogP contribution in [0.15, 0.2) is 0 Å². The highest BCUT2D eigenvalue weighted by Crippen LogP contribution is 2.17. The molecule has 0 N–H and O–H groups in total. The first-order valence-corrected chi connectivity index (χ1v) is 6.57. The molecular weight excluding hydrogens is 220 g/mol. The zero-order chi connectivity index (χ0) is 11.7. The minimum absolute atomic E-state index is 0.159. The van der Waals surface area contributed by atoms with E-state index in [4.69, 9.17) is 9.47 Å². The van der Waals surface area contributed by atoms with E-state index in [1.165, 1.54) is 0 Å². The van der Waals surface area contributed by atoms with Crippen LogP contribution < -0.4 is 0 Å². The number of amides is 1. The Morgan fingerprint density at radius 1 is 1.18 bits per heavy atom. The molecule has 0 unspecified atom stereocenters. The Morgan fingerprint density at radius 3 is 2.53 bits per heavy atom. The second-order valence-electron chi connectivity index (χ2n) is 5.08. The van der Waals surface area contributed by atoms with Crippen molar-refractivity contribution in [3.8, 4) is 0 Å². The minimum atomic E-state index is -0.159. The zero-order valence-corrected chi connectivity index (χ0v) is 10.1. The number of epoxide rings is 1. The van der Waals surface area contributed by atoms with Crippen LogP contribution in [0.2, 0.25) is 0 Å². The van der Waals surface area contributed by atoms with E-state index in [1.54, 1.807) is 0 Å². The lowest BCUT2D eigenvalue weighted by Gasteiger charge is -2.35. The molecule has 5 heteroatoms. The fraction of sp³-hybridized carbons (Fsp3) is 0.917. The number of hydrogen-bond acceptors (Lipinski definition) is 4. The van der Waals surface area contributed by atoms with E-state index in [2.05, 4.69) is 4.90 Å². The van der Waals surface area contributed by atoms with Crippen LogP contribution in [-0.2, 0) is 14.3 Å². The molecule has 3 aliphatic rings. The normalized spacial score (nSPS) is 34.0. The average Bonchev–Trinajstić information content (AvgIpc) is 3.00. The van der Waals surface area contributed by atoms with E-state index in [0.29, 0.717) is 6.10 Å². The summed E-state index contributed by atoms with van der Waals surface area (Å²) >= 11 is 0. The molecule has 0 saturated carbocycles. The summed E-state index contributed by atoms with van der Waals surface area (Å²) in [7, 11) is 0. The smallest absolute Gasteiger partial charge is 0.251 e. The summed E-state index contributed by atoms with van der Waals surface area (Å²) in [6.07, 6.45) is 2.22. The maximum absolute atomic E-state index is 12.1. The highest BCUT2D eigenvalue weighted by Gasteiger charge is 2.32. The fourth-order valence-corrected chi connectivity index (χ4v) is 2.59. The predicted molar refractivity (Wildman–Crippen MR) is 61.7 cm³/mol. The number of hydrogen-bond donors (Lipinski definition) is 0. The van der Waals surface area contributed by atoms with Gasteiger partial charge < -0.3 is 14.4 Å². The Hall–Kier alpha value is -0.650. The molecule has 17 heavy (non-hydrogen) atoms. The lowest BCUT2D eigenvalue weighted by atomic mass is 10.2. The Morgan fingerprint density at radius 2 is 1.94 bits per heavy atom. The molecule has 1 amide bonds. The highest BCUT2D eigenvalue weighted by atomic mass is 16.6. The molecule has 2 atom stereocenters. The average molecular weight is 240 g/mol. The molecular formula is C12H20N2O3. The molecule has 3 saturated heterocycles. The number of piperazine rings is 1. The number of carbonyl (C=O) groups is 1. The number of rotatable bonds is 3. The predicted octanol–water partition coefficient (Wildman–Crippen LogP) is -0.292. The molecule has 3 rings (SSSR count). The molecule has 0 spiro atoms.